The fourth-order valence-electron chi connectivity index (χ4n) is 2.49. The molecule has 0 bridgehead atoms. The number of anilines is 1. The van der Waals surface area contributed by atoms with Gasteiger partial charge in [0.05, 0.1) is 5.25 Å². The average Bonchev–Trinajstić information content (AvgIpc) is 3.06. The lowest BCUT2D eigenvalue weighted by atomic mass is 10.1. The topological polar surface area (TPSA) is 68.0 Å². The van der Waals surface area contributed by atoms with Crippen molar-refractivity contribution in [3.8, 4) is 11.5 Å². The highest BCUT2D eigenvalue weighted by Gasteiger charge is 2.19. The molecule has 26 heavy (non-hydrogen) atoms. The number of aryl methyl sites for hydroxylation is 3. The molecule has 0 spiro atoms. The molecule has 1 atom stereocenters. The average molecular weight is 367 g/mol. The Morgan fingerprint density at radius 1 is 1.08 bits per heavy atom. The third-order valence-electron chi connectivity index (χ3n) is 4.08. The van der Waals surface area contributed by atoms with Crippen LogP contribution in [-0.2, 0) is 4.79 Å². The lowest BCUT2D eigenvalue weighted by molar-refractivity contribution is -0.115. The Balaban J connectivity index is 1.68. The number of carbonyl (C=O) groups excluding carboxylic acids is 1. The number of thioether (sulfide) groups is 1. The smallest absolute Gasteiger partial charge is 0.277 e. The van der Waals surface area contributed by atoms with Crippen molar-refractivity contribution in [1.29, 1.82) is 0 Å². The van der Waals surface area contributed by atoms with Crippen molar-refractivity contribution < 1.29 is 9.21 Å². The lowest BCUT2D eigenvalue weighted by Crippen LogP contribution is -2.22. The summed E-state index contributed by atoms with van der Waals surface area (Å²) in [6, 6.07) is 13.8. The Kier molecular flexibility index (Phi) is 5.42. The van der Waals surface area contributed by atoms with E-state index in [1.807, 2.05) is 70.2 Å². The van der Waals surface area contributed by atoms with Gasteiger partial charge in [0.1, 0.15) is 0 Å². The molecule has 0 fully saturated rings. The molecule has 134 valence electrons. The number of hydrogen-bond donors (Lipinski definition) is 1. The molecule has 1 aromatic heterocycles. The number of rotatable bonds is 5. The predicted octanol–water partition coefficient (Wildman–Crippen LogP) is 4.78. The third kappa shape index (κ3) is 4.14. The maximum atomic E-state index is 12.5. The van der Waals surface area contributed by atoms with Crippen LogP contribution in [-0.4, -0.2) is 21.4 Å². The van der Waals surface area contributed by atoms with E-state index in [4.69, 9.17) is 4.42 Å². The Labute approximate surface area is 157 Å². The first-order valence-corrected chi connectivity index (χ1v) is 9.26. The van der Waals surface area contributed by atoms with Crippen molar-refractivity contribution >= 4 is 23.4 Å². The maximum Gasteiger partial charge on any atom is 0.277 e. The van der Waals surface area contributed by atoms with E-state index in [0.29, 0.717) is 11.1 Å². The summed E-state index contributed by atoms with van der Waals surface area (Å²) in [7, 11) is 0. The van der Waals surface area contributed by atoms with Crippen LogP contribution in [0.3, 0.4) is 0 Å². The van der Waals surface area contributed by atoms with E-state index in [2.05, 4.69) is 15.5 Å². The van der Waals surface area contributed by atoms with E-state index in [0.717, 1.165) is 27.9 Å². The van der Waals surface area contributed by atoms with Crippen LogP contribution in [0.15, 0.2) is 52.1 Å². The van der Waals surface area contributed by atoms with Crippen LogP contribution in [0.25, 0.3) is 11.5 Å². The van der Waals surface area contributed by atoms with Gasteiger partial charge in [-0.05, 0) is 56.5 Å². The first kappa shape index (κ1) is 18.2. The molecule has 2 aromatic carbocycles. The van der Waals surface area contributed by atoms with Gasteiger partial charge < -0.3 is 9.73 Å². The lowest BCUT2D eigenvalue weighted by Gasteiger charge is -2.12. The van der Waals surface area contributed by atoms with Crippen LogP contribution in [0.2, 0.25) is 0 Å². The quantitative estimate of drug-likeness (QED) is 0.657. The van der Waals surface area contributed by atoms with Gasteiger partial charge in [-0.15, -0.1) is 10.2 Å². The van der Waals surface area contributed by atoms with E-state index in [1.165, 1.54) is 11.8 Å². The molecule has 0 saturated heterocycles. The minimum absolute atomic E-state index is 0.0978. The Hall–Kier alpha value is -2.60. The van der Waals surface area contributed by atoms with Crippen molar-refractivity contribution in [2.24, 2.45) is 0 Å². The molecule has 0 aliphatic rings. The Bertz CT molecular complexity index is 936. The molecule has 1 N–H and O–H groups in total. The van der Waals surface area contributed by atoms with Crippen molar-refractivity contribution in [3.63, 3.8) is 0 Å². The predicted molar refractivity (Wildman–Crippen MR) is 104 cm³/mol. The first-order valence-electron chi connectivity index (χ1n) is 8.38. The SMILES string of the molecule is Cc1ccc(C)c(NC(=O)[C@@H](C)Sc2nnc(-c3ccccc3C)o2)c1. The molecule has 0 aliphatic heterocycles. The summed E-state index contributed by atoms with van der Waals surface area (Å²) in [4.78, 5) is 12.5. The second kappa shape index (κ2) is 7.74. The van der Waals surface area contributed by atoms with E-state index in [1.54, 1.807) is 0 Å². The number of amides is 1. The Morgan fingerprint density at radius 2 is 1.85 bits per heavy atom. The number of nitrogens with zero attached hydrogens (tertiary/aromatic N) is 2. The highest BCUT2D eigenvalue weighted by molar-refractivity contribution is 8.00. The minimum Gasteiger partial charge on any atom is -0.411 e. The Morgan fingerprint density at radius 3 is 2.62 bits per heavy atom. The second-order valence-corrected chi connectivity index (χ2v) is 7.55. The van der Waals surface area contributed by atoms with Gasteiger partial charge in [-0.1, -0.05) is 42.1 Å². The van der Waals surface area contributed by atoms with Crippen LogP contribution >= 0.6 is 11.8 Å². The van der Waals surface area contributed by atoms with E-state index in [-0.39, 0.29) is 11.2 Å². The van der Waals surface area contributed by atoms with Gasteiger partial charge in [-0.3, -0.25) is 4.79 Å². The van der Waals surface area contributed by atoms with E-state index in [9.17, 15) is 4.79 Å². The van der Waals surface area contributed by atoms with Crippen LogP contribution in [0.1, 0.15) is 23.6 Å². The zero-order valence-corrected chi connectivity index (χ0v) is 16.1. The van der Waals surface area contributed by atoms with Crippen LogP contribution in [0, 0.1) is 20.8 Å². The molecule has 0 aliphatic carbocycles. The van der Waals surface area contributed by atoms with Crippen molar-refractivity contribution in [3.05, 3.63) is 59.2 Å². The summed E-state index contributed by atoms with van der Waals surface area (Å²) in [6.07, 6.45) is 0. The minimum atomic E-state index is -0.361. The van der Waals surface area contributed by atoms with Gasteiger partial charge >= 0.3 is 0 Å². The van der Waals surface area contributed by atoms with Crippen molar-refractivity contribution in [2.45, 2.75) is 38.2 Å². The highest BCUT2D eigenvalue weighted by atomic mass is 32.2. The number of nitrogens with one attached hydrogen (secondary N) is 1. The maximum absolute atomic E-state index is 12.5. The molecular weight excluding hydrogens is 346 g/mol. The summed E-state index contributed by atoms with van der Waals surface area (Å²) in [5.41, 5.74) is 4.92. The molecule has 0 radical (unpaired) electrons. The van der Waals surface area contributed by atoms with Crippen LogP contribution in [0.5, 0.6) is 0 Å². The highest BCUT2D eigenvalue weighted by Crippen LogP contribution is 2.28. The van der Waals surface area contributed by atoms with Crippen molar-refractivity contribution in [2.75, 3.05) is 5.32 Å². The fraction of sp³-hybridized carbons (Fsp3) is 0.250. The van der Waals surface area contributed by atoms with Gasteiger partial charge in [-0.25, -0.2) is 0 Å². The molecule has 6 heteroatoms. The fourth-order valence-corrected chi connectivity index (χ4v) is 3.17. The van der Waals surface area contributed by atoms with E-state index < -0.39 is 0 Å². The molecule has 0 saturated carbocycles. The van der Waals surface area contributed by atoms with Gasteiger partial charge in [0.2, 0.25) is 11.8 Å². The summed E-state index contributed by atoms with van der Waals surface area (Å²) in [5.74, 6) is 0.368. The molecule has 1 amide bonds. The zero-order chi connectivity index (χ0) is 18.7. The number of carbonyl (C=O) groups is 1. The van der Waals surface area contributed by atoms with Gasteiger partial charge in [0, 0.05) is 11.3 Å². The molecule has 5 nitrogen and oxygen atoms in total. The monoisotopic (exact) mass is 367 g/mol. The normalized spacial score (nSPS) is 12.0. The molecular formula is C20H21N3O2S. The van der Waals surface area contributed by atoms with Crippen LogP contribution < -0.4 is 5.32 Å². The molecule has 1 heterocycles. The van der Waals surface area contributed by atoms with Gasteiger partial charge in [-0.2, -0.15) is 0 Å². The van der Waals surface area contributed by atoms with Crippen LogP contribution in [0.4, 0.5) is 5.69 Å². The van der Waals surface area contributed by atoms with Gasteiger partial charge in [0.15, 0.2) is 0 Å². The number of hydrogen-bond acceptors (Lipinski definition) is 5. The molecule has 0 unspecified atom stereocenters. The summed E-state index contributed by atoms with van der Waals surface area (Å²) in [6.45, 7) is 7.79. The number of aromatic nitrogens is 2. The zero-order valence-electron chi connectivity index (χ0n) is 15.2. The summed E-state index contributed by atoms with van der Waals surface area (Å²) < 4.78 is 5.73. The third-order valence-corrected chi connectivity index (χ3v) is 5.01. The summed E-state index contributed by atoms with van der Waals surface area (Å²) >= 11 is 1.25. The molecule has 3 rings (SSSR count). The summed E-state index contributed by atoms with van der Waals surface area (Å²) in [5, 5.41) is 11.2. The first-order chi connectivity index (χ1) is 12.4. The largest absolute Gasteiger partial charge is 0.411 e. The number of benzene rings is 2. The van der Waals surface area contributed by atoms with Gasteiger partial charge in [0.25, 0.3) is 5.22 Å². The van der Waals surface area contributed by atoms with Crippen molar-refractivity contribution in [1.82, 2.24) is 10.2 Å². The van der Waals surface area contributed by atoms with E-state index >= 15 is 0 Å². The second-order valence-electron chi connectivity index (χ2n) is 6.26. The standard InChI is InChI=1S/C20H21N3O2S/c1-12-9-10-14(3)17(11-12)21-18(24)15(4)26-20-23-22-19(25-20)16-8-6-5-7-13(16)2/h5-11,15H,1-4H3,(H,21,24)/t15-/m1/s1. The molecule has 3 aromatic rings.